The van der Waals surface area contributed by atoms with Gasteiger partial charge in [-0.3, -0.25) is 0 Å². The first-order chi connectivity index (χ1) is 33.7. The Bertz CT molecular complexity index is 3940. The van der Waals surface area contributed by atoms with E-state index >= 15 is 0 Å². The van der Waals surface area contributed by atoms with Gasteiger partial charge < -0.3 is 4.42 Å². The Morgan fingerprint density at radius 3 is 1.49 bits per heavy atom. The highest BCUT2D eigenvalue weighted by atomic mass is 16.3. The molecule has 0 saturated carbocycles. The lowest BCUT2D eigenvalue weighted by atomic mass is 9.70. The average Bonchev–Trinajstić information content (AvgIpc) is 4.05. The Morgan fingerprint density at radius 1 is 0.279 bits per heavy atom. The summed E-state index contributed by atoms with van der Waals surface area (Å²) in [7, 11) is 0. The van der Waals surface area contributed by atoms with Crippen LogP contribution in [0.5, 0.6) is 0 Å². The molecular weight excluding hydrogens is 827 g/mol. The van der Waals surface area contributed by atoms with E-state index in [1.165, 1.54) is 55.6 Å². The Hall–Kier alpha value is -8.99. The Balaban J connectivity index is 0.910. The summed E-state index contributed by atoms with van der Waals surface area (Å²) in [6, 6.07) is 84.6. The van der Waals surface area contributed by atoms with Crippen molar-refractivity contribution < 1.29 is 4.42 Å². The van der Waals surface area contributed by atoms with Crippen molar-refractivity contribution in [3.63, 3.8) is 0 Å². The number of aromatic nitrogens is 3. The molecule has 0 unspecified atom stereocenters. The second-order valence-corrected chi connectivity index (χ2v) is 17.8. The van der Waals surface area contributed by atoms with Gasteiger partial charge in [-0.2, -0.15) is 0 Å². The summed E-state index contributed by atoms with van der Waals surface area (Å²) in [4.78, 5) is 15.5. The molecule has 4 heteroatoms. The second-order valence-electron chi connectivity index (χ2n) is 17.8. The van der Waals surface area contributed by atoms with Gasteiger partial charge in [0.15, 0.2) is 17.5 Å². The summed E-state index contributed by atoms with van der Waals surface area (Å²) in [6.07, 6.45) is 0. The van der Waals surface area contributed by atoms with Crippen molar-refractivity contribution in [2.24, 2.45) is 0 Å². The van der Waals surface area contributed by atoms with E-state index in [0.717, 1.165) is 60.9 Å². The number of benzene rings is 10. The predicted octanol–water partition coefficient (Wildman–Crippen LogP) is 16.1. The first-order valence-corrected chi connectivity index (χ1v) is 23.2. The molecule has 14 rings (SSSR count). The molecule has 0 fully saturated rings. The van der Waals surface area contributed by atoms with E-state index in [9.17, 15) is 0 Å². The van der Waals surface area contributed by atoms with Crippen LogP contribution in [0, 0.1) is 0 Å². The zero-order valence-electron chi connectivity index (χ0n) is 36.8. The molecule has 2 aromatic heterocycles. The zero-order chi connectivity index (χ0) is 44.8. The molecule has 2 heterocycles. The highest BCUT2D eigenvalue weighted by Crippen LogP contribution is 2.64. The number of rotatable bonds is 6. The third-order valence-corrected chi connectivity index (χ3v) is 14.2. The number of hydrogen-bond acceptors (Lipinski definition) is 4. The lowest BCUT2D eigenvalue weighted by molar-refractivity contribution is 0.669. The SMILES string of the molecule is c1ccc(-c2cccc(-c3nc(-c4ccccc4)nc(-c4cccc5oc6ccc(-c7cccc(-c8cccc9c8-c8ccccc8C98c9ccccc9-c9ccccc98)c7)cc6c45)n3)c2)cc1. The first-order valence-electron chi connectivity index (χ1n) is 23.2. The van der Waals surface area contributed by atoms with Crippen LogP contribution in [0.15, 0.2) is 241 Å². The van der Waals surface area contributed by atoms with E-state index in [2.05, 4.69) is 188 Å². The van der Waals surface area contributed by atoms with Crippen molar-refractivity contribution in [2.75, 3.05) is 0 Å². The minimum atomic E-state index is -0.398. The van der Waals surface area contributed by atoms with Crippen molar-refractivity contribution in [2.45, 2.75) is 5.41 Å². The molecule has 1 spiro atoms. The van der Waals surface area contributed by atoms with Gasteiger partial charge in [-0.15, -0.1) is 0 Å². The van der Waals surface area contributed by atoms with E-state index in [1.807, 2.05) is 48.5 Å². The Labute approximate surface area is 393 Å². The quantitative estimate of drug-likeness (QED) is 0.167. The fourth-order valence-corrected chi connectivity index (χ4v) is 11.3. The summed E-state index contributed by atoms with van der Waals surface area (Å²) >= 11 is 0. The van der Waals surface area contributed by atoms with Crippen LogP contribution >= 0.6 is 0 Å². The Kier molecular flexibility index (Phi) is 8.46. The van der Waals surface area contributed by atoms with Gasteiger partial charge >= 0.3 is 0 Å². The van der Waals surface area contributed by atoms with Gasteiger partial charge in [0.25, 0.3) is 0 Å². The summed E-state index contributed by atoms with van der Waals surface area (Å²) in [5, 5.41) is 1.97. The van der Waals surface area contributed by atoms with Crippen molar-refractivity contribution in [1.82, 2.24) is 15.0 Å². The third-order valence-electron chi connectivity index (χ3n) is 14.2. The monoisotopic (exact) mass is 865 g/mol. The van der Waals surface area contributed by atoms with E-state index < -0.39 is 5.41 Å². The lowest BCUT2D eigenvalue weighted by Gasteiger charge is -2.30. The lowest BCUT2D eigenvalue weighted by Crippen LogP contribution is -2.25. The number of nitrogens with zero attached hydrogens (tertiary/aromatic N) is 3. The Morgan fingerprint density at radius 2 is 0.750 bits per heavy atom. The van der Waals surface area contributed by atoms with Gasteiger partial charge in [-0.1, -0.05) is 206 Å². The molecule has 0 bridgehead atoms. The van der Waals surface area contributed by atoms with Gasteiger partial charge in [-0.25, -0.2) is 15.0 Å². The molecule has 10 aromatic carbocycles. The molecule has 0 radical (unpaired) electrons. The van der Waals surface area contributed by atoms with Crippen molar-refractivity contribution in [3.8, 4) is 89.8 Å². The normalized spacial score (nSPS) is 12.8. The first kappa shape index (κ1) is 38.3. The highest BCUT2D eigenvalue weighted by molar-refractivity contribution is 6.13. The number of furan rings is 1. The van der Waals surface area contributed by atoms with Gasteiger partial charge in [0.1, 0.15) is 11.2 Å². The van der Waals surface area contributed by atoms with E-state index in [4.69, 9.17) is 19.4 Å². The van der Waals surface area contributed by atoms with Crippen molar-refractivity contribution in [1.29, 1.82) is 0 Å². The summed E-state index contributed by atoms with van der Waals surface area (Å²) < 4.78 is 6.60. The van der Waals surface area contributed by atoms with Crippen LogP contribution in [0.1, 0.15) is 22.3 Å². The molecule has 68 heavy (non-hydrogen) atoms. The molecule has 12 aromatic rings. The maximum Gasteiger partial charge on any atom is 0.164 e. The smallest absolute Gasteiger partial charge is 0.164 e. The molecule has 0 N–H and O–H groups in total. The highest BCUT2D eigenvalue weighted by Gasteiger charge is 2.52. The fraction of sp³-hybridized carbons (Fsp3) is 0.0156. The maximum atomic E-state index is 6.60. The van der Waals surface area contributed by atoms with Crippen LogP contribution in [-0.4, -0.2) is 15.0 Å². The van der Waals surface area contributed by atoms with Crippen molar-refractivity contribution in [3.05, 3.63) is 259 Å². The zero-order valence-corrected chi connectivity index (χ0v) is 36.8. The molecule has 4 nitrogen and oxygen atoms in total. The van der Waals surface area contributed by atoms with Crippen LogP contribution in [-0.2, 0) is 5.41 Å². The average molecular weight is 866 g/mol. The summed E-state index contributed by atoms with van der Waals surface area (Å²) in [5.41, 5.74) is 21.3. The van der Waals surface area contributed by atoms with Crippen LogP contribution in [0.3, 0.4) is 0 Å². The number of fused-ring (bicyclic) bond motifs is 13. The topological polar surface area (TPSA) is 51.8 Å². The number of hydrogen-bond donors (Lipinski definition) is 0. The largest absolute Gasteiger partial charge is 0.456 e. The van der Waals surface area contributed by atoms with Crippen molar-refractivity contribution >= 4 is 21.9 Å². The molecule has 316 valence electrons. The standard InChI is InChI=1S/C64H39N3O/c1-3-17-40(18-4-1)42-21-14-24-46(38-42)62-65-61(41-19-5-2-6-20-41)66-63(67-62)51-29-16-34-58-60(51)52-39-44(35-36-57(52)68-58)43-22-13-23-45(37-43)47-28-15-33-56-59(47)50-27-9-12-32-55(50)64(56)53-30-10-7-25-48(53)49-26-8-11-31-54(49)64/h1-39H. The molecule has 0 atom stereocenters. The van der Waals surface area contributed by atoms with E-state index in [1.54, 1.807) is 0 Å². The molecular formula is C64H39N3O. The van der Waals surface area contributed by atoms with E-state index in [-0.39, 0.29) is 0 Å². The second kappa shape index (κ2) is 15.0. The van der Waals surface area contributed by atoms with Gasteiger partial charge in [0.05, 0.1) is 5.41 Å². The minimum absolute atomic E-state index is 0.398. The van der Waals surface area contributed by atoms with E-state index in [0.29, 0.717) is 17.5 Å². The van der Waals surface area contributed by atoms with Gasteiger partial charge in [-0.05, 0) is 108 Å². The van der Waals surface area contributed by atoms with Crippen LogP contribution < -0.4 is 0 Å². The molecule has 0 amide bonds. The fourth-order valence-electron chi connectivity index (χ4n) is 11.3. The van der Waals surface area contributed by atoms with Crippen LogP contribution in [0.4, 0.5) is 0 Å². The molecule has 0 saturated heterocycles. The predicted molar refractivity (Wildman–Crippen MR) is 276 cm³/mol. The minimum Gasteiger partial charge on any atom is -0.456 e. The van der Waals surface area contributed by atoms with Crippen LogP contribution in [0.2, 0.25) is 0 Å². The van der Waals surface area contributed by atoms with Gasteiger partial charge in [0.2, 0.25) is 0 Å². The summed E-state index contributed by atoms with van der Waals surface area (Å²) in [6.45, 7) is 0. The van der Waals surface area contributed by atoms with Crippen LogP contribution in [0.25, 0.3) is 112 Å². The third kappa shape index (κ3) is 5.71. The summed E-state index contributed by atoms with van der Waals surface area (Å²) in [5.74, 6) is 1.81. The molecule has 0 aliphatic heterocycles. The molecule has 2 aliphatic rings. The molecule has 2 aliphatic carbocycles. The van der Waals surface area contributed by atoms with Gasteiger partial charge in [0, 0.05) is 27.5 Å². The maximum absolute atomic E-state index is 6.60.